The van der Waals surface area contributed by atoms with Gasteiger partial charge in [-0.3, -0.25) is 9.59 Å². The van der Waals surface area contributed by atoms with Crippen molar-refractivity contribution in [2.24, 2.45) is 0 Å². The third-order valence-corrected chi connectivity index (χ3v) is 6.60. The molecule has 5 rings (SSSR count). The highest BCUT2D eigenvalue weighted by molar-refractivity contribution is 6.15. The lowest BCUT2D eigenvalue weighted by Gasteiger charge is -2.17. The zero-order valence-corrected chi connectivity index (χ0v) is 22.5. The minimum Gasteiger partial charge on any atom is -0.488 e. The van der Waals surface area contributed by atoms with Gasteiger partial charge in [0.1, 0.15) is 24.7 Å². The summed E-state index contributed by atoms with van der Waals surface area (Å²) in [5, 5.41) is 18.2. The number of nitriles is 2. The van der Waals surface area contributed by atoms with Gasteiger partial charge in [0.15, 0.2) is 11.6 Å². The Labute approximate surface area is 243 Å². The summed E-state index contributed by atoms with van der Waals surface area (Å²) in [5.74, 6) is -0.0855. The molecule has 0 amide bonds. The normalized spacial score (nSPS) is 10.2. The van der Waals surface area contributed by atoms with E-state index < -0.39 is 0 Å². The molecular weight excluding hydrogens is 524 g/mol. The Kier molecular flexibility index (Phi) is 8.48. The van der Waals surface area contributed by atoms with Crippen LogP contribution in [0.1, 0.15) is 54.1 Å². The van der Waals surface area contributed by atoms with Crippen molar-refractivity contribution in [3.63, 3.8) is 0 Å². The number of hydrogen-bond donors (Lipinski definition) is 0. The molecule has 0 radical (unpaired) electrons. The predicted molar refractivity (Wildman–Crippen MR) is 157 cm³/mol. The third kappa shape index (κ3) is 6.42. The molecular formula is C36H24N2O4. The van der Waals surface area contributed by atoms with Gasteiger partial charge in [-0.25, -0.2) is 0 Å². The molecule has 0 aliphatic carbocycles. The molecule has 5 aromatic rings. The van der Waals surface area contributed by atoms with Crippen molar-refractivity contribution < 1.29 is 19.1 Å². The van der Waals surface area contributed by atoms with E-state index in [1.165, 1.54) is 6.07 Å². The second-order valence-corrected chi connectivity index (χ2v) is 9.43. The summed E-state index contributed by atoms with van der Waals surface area (Å²) in [6, 6.07) is 38.8. The summed E-state index contributed by atoms with van der Waals surface area (Å²) in [6.07, 6.45) is 0. The zero-order valence-electron chi connectivity index (χ0n) is 22.5. The highest BCUT2D eigenvalue weighted by Crippen LogP contribution is 2.34. The molecule has 0 heterocycles. The average molecular weight is 549 g/mol. The average Bonchev–Trinajstić information content (AvgIpc) is 3.06. The van der Waals surface area contributed by atoms with Crippen molar-refractivity contribution in [1.29, 1.82) is 10.5 Å². The van der Waals surface area contributed by atoms with Crippen LogP contribution < -0.4 is 9.47 Å². The van der Waals surface area contributed by atoms with Gasteiger partial charge >= 0.3 is 0 Å². The first kappa shape index (κ1) is 27.6. The molecule has 6 heteroatoms. The van der Waals surface area contributed by atoms with E-state index in [-0.39, 0.29) is 47.4 Å². The van der Waals surface area contributed by atoms with Gasteiger partial charge < -0.3 is 9.47 Å². The van der Waals surface area contributed by atoms with Crippen LogP contribution in [0, 0.1) is 22.7 Å². The van der Waals surface area contributed by atoms with Gasteiger partial charge in [-0.2, -0.15) is 10.5 Å². The maximum Gasteiger partial charge on any atom is 0.196 e. The van der Waals surface area contributed by atoms with E-state index in [0.29, 0.717) is 22.3 Å². The molecule has 0 saturated carbocycles. The lowest BCUT2D eigenvalue weighted by atomic mass is 9.95. The molecule has 0 N–H and O–H groups in total. The molecule has 0 spiro atoms. The lowest BCUT2D eigenvalue weighted by molar-refractivity contribution is 0.103. The van der Waals surface area contributed by atoms with Crippen LogP contribution in [-0.2, 0) is 13.2 Å². The highest BCUT2D eigenvalue weighted by Gasteiger charge is 2.23. The summed E-state index contributed by atoms with van der Waals surface area (Å²) >= 11 is 0. The Balaban J connectivity index is 1.57. The molecule has 5 aromatic carbocycles. The van der Waals surface area contributed by atoms with Crippen molar-refractivity contribution in [2.45, 2.75) is 13.2 Å². The fourth-order valence-electron chi connectivity index (χ4n) is 4.32. The van der Waals surface area contributed by atoms with Crippen molar-refractivity contribution >= 4 is 11.6 Å². The smallest absolute Gasteiger partial charge is 0.196 e. The van der Waals surface area contributed by atoms with Crippen LogP contribution >= 0.6 is 0 Å². The first-order chi connectivity index (χ1) is 20.6. The van der Waals surface area contributed by atoms with Crippen LogP contribution in [0.4, 0.5) is 0 Å². The van der Waals surface area contributed by atoms with Crippen molar-refractivity contribution in [3.8, 4) is 23.6 Å². The van der Waals surface area contributed by atoms with Gasteiger partial charge in [0.2, 0.25) is 0 Å². The summed E-state index contributed by atoms with van der Waals surface area (Å²) in [5.41, 5.74) is 4.00. The Morgan fingerprint density at radius 2 is 0.905 bits per heavy atom. The molecule has 0 aliphatic heterocycles. The van der Waals surface area contributed by atoms with E-state index in [2.05, 4.69) is 12.1 Å². The number of hydrogen-bond acceptors (Lipinski definition) is 6. The number of rotatable bonds is 10. The number of carbonyl (C=O) groups excluding carboxylic acids is 2. The summed E-state index contributed by atoms with van der Waals surface area (Å²) in [6.45, 7) is 0.254. The van der Waals surface area contributed by atoms with Gasteiger partial charge in [-0.05, 0) is 41.5 Å². The van der Waals surface area contributed by atoms with Crippen LogP contribution in [0.2, 0.25) is 0 Å². The lowest BCUT2D eigenvalue weighted by Crippen LogP contribution is -2.11. The molecule has 6 nitrogen and oxygen atoms in total. The van der Waals surface area contributed by atoms with E-state index >= 15 is 0 Å². The van der Waals surface area contributed by atoms with Gasteiger partial charge in [0.25, 0.3) is 0 Å². The molecule has 0 bridgehead atoms. The number of benzene rings is 5. The van der Waals surface area contributed by atoms with Crippen molar-refractivity contribution in [1.82, 2.24) is 0 Å². The van der Waals surface area contributed by atoms with Crippen molar-refractivity contribution in [2.75, 3.05) is 0 Å². The van der Waals surface area contributed by atoms with E-state index in [9.17, 15) is 9.59 Å². The fourth-order valence-corrected chi connectivity index (χ4v) is 4.32. The predicted octanol–water partition coefficient (Wildman–Crippen LogP) is 7.05. The molecule has 0 saturated heterocycles. The van der Waals surface area contributed by atoms with Crippen LogP contribution in [0.3, 0.4) is 0 Å². The monoisotopic (exact) mass is 548 g/mol. The zero-order chi connectivity index (χ0) is 29.3. The summed E-state index contributed by atoms with van der Waals surface area (Å²) in [4.78, 5) is 27.5. The largest absolute Gasteiger partial charge is 0.488 e. The second-order valence-electron chi connectivity index (χ2n) is 9.43. The fraction of sp³-hybridized carbons (Fsp3) is 0.0556. The first-order valence-electron chi connectivity index (χ1n) is 13.2. The molecule has 42 heavy (non-hydrogen) atoms. The topological polar surface area (TPSA) is 100 Å². The minimum absolute atomic E-state index is 0.127. The number of ether oxygens (including phenoxy) is 2. The molecule has 0 unspecified atom stereocenters. The molecule has 202 valence electrons. The van der Waals surface area contributed by atoms with Crippen LogP contribution in [0.15, 0.2) is 121 Å². The van der Waals surface area contributed by atoms with E-state index in [1.54, 1.807) is 103 Å². The molecule has 0 aliphatic rings. The first-order valence-corrected chi connectivity index (χ1v) is 13.2. The van der Waals surface area contributed by atoms with E-state index in [0.717, 1.165) is 11.1 Å². The number of nitrogens with zero attached hydrogens (tertiary/aromatic N) is 2. The van der Waals surface area contributed by atoms with Crippen LogP contribution in [0.5, 0.6) is 11.5 Å². The maximum absolute atomic E-state index is 13.7. The van der Waals surface area contributed by atoms with E-state index in [4.69, 9.17) is 20.0 Å². The summed E-state index contributed by atoms with van der Waals surface area (Å²) < 4.78 is 12.3. The second kappa shape index (κ2) is 12.9. The number of carbonyl (C=O) groups is 2. The van der Waals surface area contributed by atoms with Crippen LogP contribution in [-0.4, -0.2) is 11.6 Å². The Morgan fingerprint density at radius 3 is 1.26 bits per heavy atom. The molecule has 0 atom stereocenters. The maximum atomic E-state index is 13.7. The van der Waals surface area contributed by atoms with Crippen molar-refractivity contribution in [3.05, 3.63) is 166 Å². The standard InChI is InChI=1S/C36H24N2O4/c37-21-25-11-15-27(16-12-25)23-41-33-20-34(42-24-28-17-13-26(22-38)14-18-28)32(36(40)30-9-5-2-6-10-30)19-31(33)35(39)29-7-3-1-4-8-29/h1-20H,23-24H2. The highest BCUT2D eigenvalue weighted by atomic mass is 16.5. The van der Waals surface area contributed by atoms with Gasteiger partial charge in [0, 0.05) is 17.2 Å². The SMILES string of the molecule is N#Cc1ccc(COc2cc(OCc3ccc(C#N)cc3)c(C(=O)c3ccccc3)cc2C(=O)c2ccccc2)cc1. The Morgan fingerprint density at radius 1 is 0.524 bits per heavy atom. The third-order valence-electron chi connectivity index (χ3n) is 6.60. The van der Waals surface area contributed by atoms with Crippen LogP contribution in [0.25, 0.3) is 0 Å². The Bertz CT molecular complexity index is 1670. The molecule has 0 fully saturated rings. The Hall–Kier alpha value is -5.98. The minimum atomic E-state index is -0.300. The van der Waals surface area contributed by atoms with Gasteiger partial charge in [-0.1, -0.05) is 84.9 Å². The molecule has 0 aromatic heterocycles. The summed E-state index contributed by atoms with van der Waals surface area (Å²) in [7, 11) is 0. The quantitative estimate of drug-likeness (QED) is 0.173. The van der Waals surface area contributed by atoms with Gasteiger partial charge in [0.05, 0.1) is 34.4 Å². The number of ketones is 2. The van der Waals surface area contributed by atoms with Gasteiger partial charge in [-0.15, -0.1) is 0 Å². The van der Waals surface area contributed by atoms with E-state index in [1.807, 2.05) is 12.1 Å².